The summed E-state index contributed by atoms with van der Waals surface area (Å²) in [6.07, 6.45) is 2.89. The van der Waals surface area contributed by atoms with Gasteiger partial charge in [0.15, 0.2) is 0 Å². The lowest BCUT2D eigenvalue weighted by Gasteiger charge is -2.06. The number of carbonyl (C=O) groups excluding carboxylic acids is 2. The molecular formula is C17H15FN2O4S. The number of rotatable bonds is 5. The van der Waals surface area contributed by atoms with Crippen molar-refractivity contribution in [3.05, 3.63) is 52.4 Å². The molecule has 0 unspecified atom stereocenters. The lowest BCUT2D eigenvalue weighted by Crippen LogP contribution is -2.09. The molecule has 0 saturated carbocycles. The van der Waals surface area contributed by atoms with Crippen molar-refractivity contribution < 1.29 is 23.5 Å². The molecule has 0 aliphatic rings. The predicted octanol–water partition coefficient (Wildman–Crippen LogP) is 3.31. The Morgan fingerprint density at radius 1 is 1.28 bits per heavy atom. The number of hydrogen-bond donors (Lipinski definition) is 0. The molecular weight excluding hydrogens is 347 g/mol. The zero-order valence-corrected chi connectivity index (χ0v) is 14.4. The van der Waals surface area contributed by atoms with Crippen LogP contribution in [0.15, 0.2) is 30.6 Å². The molecule has 0 radical (unpaired) electrons. The van der Waals surface area contributed by atoms with Crippen molar-refractivity contribution >= 4 is 33.4 Å². The third-order valence-corrected chi connectivity index (χ3v) is 4.69. The van der Waals surface area contributed by atoms with E-state index < -0.39 is 17.8 Å². The molecule has 0 amide bonds. The van der Waals surface area contributed by atoms with E-state index in [4.69, 9.17) is 9.47 Å². The summed E-state index contributed by atoms with van der Waals surface area (Å²) in [5.41, 5.74) is 0.592. The zero-order chi connectivity index (χ0) is 18.0. The molecule has 0 spiro atoms. The second-order valence-electron chi connectivity index (χ2n) is 5.22. The van der Waals surface area contributed by atoms with Crippen molar-refractivity contribution in [2.45, 2.75) is 13.5 Å². The largest absolute Gasteiger partial charge is 0.462 e. The second-order valence-corrected chi connectivity index (χ2v) is 6.27. The number of benzene rings is 1. The molecule has 3 aromatic rings. The molecule has 25 heavy (non-hydrogen) atoms. The molecule has 0 saturated heterocycles. The molecule has 2 aromatic heterocycles. The Morgan fingerprint density at radius 3 is 2.76 bits per heavy atom. The number of thiophene rings is 1. The highest BCUT2D eigenvalue weighted by Gasteiger charge is 2.23. The Hall–Kier alpha value is -2.74. The third kappa shape index (κ3) is 3.39. The van der Waals surface area contributed by atoms with Crippen LogP contribution in [-0.2, 0) is 23.1 Å². The summed E-state index contributed by atoms with van der Waals surface area (Å²) >= 11 is 1.12. The van der Waals surface area contributed by atoms with E-state index in [0.29, 0.717) is 10.3 Å². The Balaban J connectivity index is 1.94. The Labute approximate surface area is 146 Å². The number of ether oxygens (including phenoxy) is 2. The maximum atomic E-state index is 14.3. The van der Waals surface area contributed by atoms with Crippen LogP contribution >= 0.6 is 11.3 Å². The topological polar surface area (TPSA) is 70.4 Å². The quantitative estimate of drug-likeness (QED) is 0.651. The van der Waals surface area contributed by atoms with Crippen LogP contribution in [0.2, 0.25) is 0 Å². The van der Waals surface area contributed by atoms with Crippen LogP contribution in [0.4, 0.5) is 4.39 Å². The first-order chi connectivity index (χ1) is 12.0. The first-order valence-corrected chi connectivity index (χ1v) is 8.35. The van der Waals surface area contributed by atoms with Crippen molar-refractivity contribution in [1.29, 1.82) is 0 Å². The molecule has 130 valence electrons. The molecule has 0 fully saturated rings. The van der Waals surface area contributed by atoms with Crippen LogP contribution in [0, 0.1) is 5.82 Å². The van der Waals surface area contributed by atoms with E-state index in [2.05, 4.69) is 5.10 Å². The van der Waals surface area contributed by atoms with E-state index >= 15 is 0 Å². The Morgan fingerprint density at radius 2 is 2.08 bits per heavy atom. The smallest absolute Gasteiger partial charge is 0.348 e. The van der Waals surface area contributed by atoms with Gasteiger partial charge in [-0.3, -0.25) is 4.68 Å². The third-order valence-electron chi connectivity index (χ3n) is 3.51. The average molecular weight is 362 g/mol. The zero-order valence-electron chi connectivity index (χ0n) is 13.6. The number of nitrogens with zero attached hydrogens (tertiary/aromatic N) is 2. The van der Waals surface area contributed by atoms with Crippen LogP contribution in [0.5, 0.6) is 0 Å². The molecule has 6 nitrogen and oxygen atoms in total. The van der Waals surface area contributed by atoms with Gasteiger partial charge < -0.3 is 9.47 Å². The first kappa shape index (κ1) is 17.1. The van der Waals surface area contributed by atoms with Crippen LogP contribution < -0.4 is 0 Å². The minimum absolute atomic E-state index is 0.199. The Bertz CT molecular complexity index is 947. The second kappa shape index (κ2) is 7.02. The maximum Gasteiger partial charge on any atom is 0.348 e. The van der Waals surface area contributed by atoms with Gasteiger partial charge in [0.05, 0.1) is 18.4 Å². The van der Waals surface area contributed by atoms with Crippen molar-refractivity contribution in [2.24, 2.45) is 7.05 Å². The summed E-state index contributed by atoms with van der Waals surface area (Å²) in [5.74, 6) is -1.63. The summed E-state index contributed by atoms with van der Waals surface area (Å²) in [6.45, 7) is 1.65. The molecule has 0 bridgehead atoms. The number of halogens is 1. The number of fused-ring (bicyclic) bond motifs is 1. The van der Waals surface area contributed by atoms with Crippen LogP contribution in [0.25, 0.3) is 10.1 Å². The number of aromatic nitrogens is 2. The van der Waals surface area contributed by atoms with Gasteiger partial charge in [-0.2, -0.15) is 5.10 Å². The predicted molar refractivity (Wildman–Crippen MR) is 90.1 cm³/mol. The van der Waals surface area contributed by atoms with Crippen LogP contribution in [0.3, 0.4) is 0 Å². The molecule has 0 atom stereocenters. The first-order valence-electron chi connectivity index (χ1n) is 7.54. The van der Waals surface area contributed by atoms with E-state index in [9.17, 15) is 14.0 Å². The molecule has 0 aliphatic heterocycles. The summed E-state index contributed by atoms with van der Waals surface area (Å²) in [7, 11) is 1.68. The van der Waals surface area contributed by atoms with Gasteiger partial charge in [-0.25, -0.2) is 14.0 Å². The van der Waals surface area contributed by atoms with Gasteiger partial charge in [-0.15, -0.1) is 11.3 Å². The van der Waals surface area contributed by atoms with Crippen molar-refractivity contribution in [1.82, 2.24) is 9.78 Å². The fourth-order valence-corrected chi connectivity index (χ4v) is 3.53. The molecule has 1 aromatic carbocycles. The molecule has 0 N–H and O–H groups in total. The van der Waals surface area contributed by atoms with Gasteiger partial charge in [0.1, 0.15) is 17.3 Å². The van der Waals surface area contributed by atoms with Gasteiger partial charge in [0.2, 0.25) is 0 Å². The van der Waals surface area contributed by atoms with Crippen LogP contribution in [0.1, 0.15) is 32.5 Å². The lowest BCUT2D eigenvalue weighted by atomic mass is 10.1. The van der Waals surface area contributed by atoms with Gasteiger partial charge >= 0.3 is 11.9 Å². The van der Waals surface area contributed by atoms with E-state index in [-0.39, 0.29) is 29.0 Å². The van der Waals surface area contributed by atoms with Gasteiger partial charge in [0, 0.05) is 28.9 Å². The monoisotopic (exact) mass is 362 g/mol. The SMILES string of the molecule is CCOC(=O)c1sc2cccc(F)c2c1COC(=O)c1cnn(C)c1. The standard InChI is InChI=1S/C17H15FN2O4S/c1-3-23-17(22)15-11(14-12(18)5-4-6-13(14)25-15)9-24-16(21)10-7-19-20(2)8-10/h4-8H,3,9H2,1-2H3. The van der Waals surface area contributed by atoms with Crippen molar-refractivity contribution in [2.75, 3.05) is 6.61 Å². The van der Waals surface area contributed by atoms with Gasteiger partial charge in [-0.05, 0) is 19.1 Å². The highest BCUT2D eigenvalue weighted by atomic mass is 32.1. The minimum atomic E-state index is -0.599. The number of esters is 2. The molecule has 3 rings (SSSR count). The molecule has 0 aliphatic carbocycles. The summed E-state index contributed by atoms with van der Waals surface area (Å²) in [5, 5.41) is 4.17. The van der Waals surface area contributed by atoms with Crippen molar-refractivity contribution in [3.8, 4) is 0 Å². The lowest BCUT2D eigenvalue weighted by molar-refractivity contribution is 0.0454. The maximum absolute atomic E-state index is 14.3. The summed E-state index contributed by atoms with van der Waals surface area (Å²) in [4.78, 5) is 24.5. The fraction of sp³-hybridized carbons (Fsp3) is 0.235. The molecule has 2 heterocycles. The normalized spacial score (nSPS) is 10.8. The summed E-state index contributed by atoms with van der Waals surface area (Å²) in [6, 6.07) is 4.57. The number of carbonyl (C=O) groups is 2. The highest BCUT2D eigenvalue weighted by molar-refractivity contribution is 7.21. The highest BCUT2D eigenvalue weighted by Crippen LogP contribution is 2.34. The van der Waals surface area contributed by atoms with Crippen LogP contribution in [-0.4, -0.2) is 28.3 Å². The number of aryl methyl sites for hydroxylation is 1. The minimum Gasteiger partial charge on any atom is -0.462 e. The van der Waals surface area contributed by atoms with E-state index in [1.54, 1.807) is 26.1 Å². The van der Waals surface area contributed by atoms with Gasteiger partial charge in [0.25, 0.3) is 0 Å². The van der Waals surface area contributed by atoms with Gasteiger partial charge in [-0.1, -0.05) is 6.07 Å². The van der Waals surface area contributed by atoms with E-state index in [1.807, 2.05) is 0 Å². The molecule has 8 heteroatoms. The fourth-order valence-electron chi connectivity index (χ4n) is 2.41. The Kier molecular flexibility index (Phi) is 4.80. The summed E-state index contributed by atoms with van der Waals surface area (Å²) < 4.78 is 26.6. The van der Waals surface area contributed by atoms with Crippen molar-refractivity contribution in [3.63, 3.8) is 0 Å². The average Bonchev–Trinajstić information content (AvgIpc) is 3.17. The van der Waals surface area contributed by atoms with E-state index in [1.165, 1.54) is 23.1 Å². The number of hydrogen-bond acceptors (Lipinski definition) is 6. The van der Waals surface area contributed by atoms with E-state index in [0.717, 1.165) is 11.3 Å².